The molecule has 1 heterocycles. The van der Waals surface area contributed by atoms with E-state index in [2.05, 4.69) is 15.6 Å². The lowest BCUT2D eigenvalue weighted by Gasteiger charge is -2.15. The zero-order valence-corrected chi connectivity index (χ0v) is 16.1. The molecule has 2 aromatic carbocycles. The quantitative estimate of drug-likeness (QED) is 0.614. The van der Waals surface area contributed by atoms with Crippen LogP contribution in [-0.4, -0.2) is 24.1 Å². The molecule has 0 saturated carbocycles. The SMILES string of the molecule is COc1ccc(Nc2cncc(C(=O)Nc3ccccc3OC(C)C)c2)cc1. The number of amides is 1. The highest BCUT2D eigenvalue weighted by Gasteiger charge is 2.12. The van der Waals surface area contributed by atoms with Crippen molar-refractivity contribution in [2.75, 3.05) is 17.7 Å². The van der Waals surface area contributed by atoms with Crippen molar-refractivity contribution in [2.45, 2.75) is 20.0 Å². The average molecular weight is 377 g/mol. The van der Waals surface area contributed by atoms with Gasteiger partial charge in [0.2, 0.25) is 0 Å². The van der Waals surface area contributed by atoms with Crippen molar-refractivity contribution in [3.63, 3.8) is 0 Å². The maximum Gasteiger partial charge on any atom is 0.257 e. The van der Waals surface area contributed by atoms with Crippen LogP contribution < -0.4 is 20.1 Å². The second-order valence-electron chi connectivity index (χ2n) is 6.43. The predicted molar refractivity (Wildman–Crippen MR) is 111 cm³/mol. The van der Waals surface area contributed by atoms with Crippen LogP contribution in [0.25, 0.3) is 0 Å². The fourth-order valence-corrected chi connectivity index (χ4v) is 2.59. The molecule has 144 valence electrons. The number of hydrogen-bond acceptors (Lipinski definition) is 5. The number of nitrogens with zero attached hydrogens (tertiary/aromatic N) is 1. The van der Waals surface area contributed by atoms with E-state index in [0.717, 1.165) is 11.4 Å². The molecule has 3 rings (SSSR count). The maximum absolute atomic E-state index is 12.7. The lowest BCUT2D eigenvalue weighted by atomic mass is 10.2. The van der Waals surface area contributed by atoms with Gasteiger partial charge < -0.3 is 20.1 Å². The van der Waals surface area contributed by atoms with Crippen LogP contribution in [0.5, 0.6) is 11.5 Å². The highest BCUT2D eigenvalue weighted by atomic mass is 16.5. The second-order valence-corrected chi connectivity index (χ2v) is 6.43. The summed E-state index contributed by atoms with van der Waals surface area (Å²) in [6.07, 6.45) is 3.20. The average Bonchev–Trinajstić information content (AvgIpc) is 2.70. The van der Waals surface area contributed by atoms with Crippen LogP contribution in [0.2, 0.25) is 0 Å². The van der Waals surface area contributed by atoms with Gasteiger partial charge in [-0.15, -0.1) is 0 Å². The molecule has 0 atom stereocenters. The molecular weight excluding hydrogens is 354 g/mol. The number of benzene rings is 2. The van der Waals surface area contributed by atoms with Gasteiger partial charge in [0, 0.05) is 11.9 Å². The Balaban J connectivity index is 1.73. The molecule has 0 unspecified atom stereocenters. The van der Waals surface area contributed by atoms with Gasteiger partial charge >= 0.3 is 0 Å². The number of nitrogens with one attached hydrogen (secondary N) is 2. The molecule has 0 aliphatic carbocycles. The van der Waals surface area contributed by atoms with E-state index >= 15 is 0 Å². The molecule has 0 spiro atoms. The molecule has 0 saturated heterocycles. The van der Waals surface area contributed by atoms with Gasteiger partial charge in [0.25, 0.3) is 5.91 Å². The van der Waals surface area contributed by atoms with E-state index in [-0.39, 0.29) is 12.0 Å². The summed E-state index contributed by atoms with van der Waals surface area (Å²) in [7, 11) is 1.62. The van der Waals surface area contributed by atoms with E-state index in [4.69, 9.17) is 9.47 Å². The number of rotatable bonds is 7. The van der Waals surface area contributed by atoms with Crippen molar-refractivity contribution >= 4 is 23.0 Å². The summed E-state index contributed by atoms with van der Waals surface area (Å²) >= 11 is 0. The highest BCUT2D eigenvalue weighted by molar-refractivity contribution is 6.05. The Kier molecular flexibility index (Phi) is 6.11. The number of ether oxygens (including phenoxy) is 2. The van der Waals surface area contributed by atoms with E-state index in [1.165, 1.54) is 6.20 Å². The Morgan fingerprint density at radius 2 is 1.75 bits per heavy atom. The number of carbonyl (C=O) groups excluding carboxylic acids is 1. The van der Waals surface area contributed by atoms with Crippen molar-refractivity contribution in [1.29, 1.82) is 0 Å². The van der Waals surface area contributed by atoms with Crippen molar-refractivity contribution in [3.8, 4) is 11.5 Å². The molecule has 0 bridgehead atoms. The van der Waals surface area contributed by atoms with Crippen molar-refractivity contribution in [1.82, 2.24) is 4.98 Å². The topological polar surface area (TPSA) is 72.5 Å². The number of carbonyl (C=O) groups is 1. The first-order valence-corrected chi connectivity index (χ1v) is 8.98. The lowest BCUT2D eigenvalue weighted by molar-refractivity contribution is 0.102. The third-order valence-corrected chi connectivity index (χ3v) is 3.88. The number of hydrogen-bond donors (Lipinski definition) is 2. The summed E-state index contributed by atoms with van der Waals surface area (Å²) in [6.45, 7) is 3.88. The first-order chi connectivity index (χ1) is 13.5. The third kappa shape index (κ3) is 5.01. The zero-order valence-electron chi connectivity index (χ0n) is 16.1. The summed E-state index contributed by atoms with van der Waals surface area (Å²) in [5, 5.41) is 6.12. The smallest absolute Gasteiger partial charge is 0.257 e. The fraction of sp³-hybridized carbons (Fsp3) is 0.182. The maximum atomic E-state index is 12.7. The van der Waals surface area contributed by atoms with E-state index < -0.39 is 0 Å². The first-order valence-electron chi connectivity index (χ1n) is 8.98. The van der Waals surface area contributed by atoms with Gasteiger partial charge in [-0.3, -0.25) is 9.78 Å². The van der Waals surface area contributed by atoms with Gasteiger partial charge in [-0.25, -0.2) is 0 Å². The van der Waals surface area contributed by atoms with E-state index in [9.17, 15) is 4.79 Å². The van der Waals surface area contributed by atoms with Gasteiger partial charge in [0.05, 0.1) is 36.3 Å². The largest absolute Gasteiger partial charge is 0.497 e. The molecule has 6 nitrogen and oxygen atoms in total. The van der Waals surface area contributed by atoms with E-state index in [1.54, 1.807) is 19.4 Å². The van der Waals surface area contributed by atoms with Crippen LogP contribution in [0, 0.1) is 0 Å². The molecule has 1 amide bonds. The number of methoxy groups -OCH3 is 1. The van der Waals surface area contributed by atoms with Crippen molar-refractivity contribution < 1.29 is 14.3 Å². The predicted octanol–water partition coefficient (Wildman–Crippen LogP) is 4.87. The third-order valence-electron chi connectivity index (χ3n) is 3.88. The number of aromatic nitrogens is 1. The van der Waals surface area contributed by atoms with Crippen LogP contribution in [-0.2, 0) is 0 Å². The minimum atomic E-state index is -0.259. The highest BCUT2D eigenvalue weighted by Crippen LogP contribution is 2.26. The Hall–Kier alpha value is -3.54. The molecule has 0 radical (unpaired) electrons. The van der Waals surface area contributed by atoms with Crippen LogP contribution >= 0.6 is 0 Å². The molecule has 0 aliphatic rings. The van der Waals surface area contributed by atoms with Gasteiger partial charge in [-0.1, -0.05) is 12.1 Å². The van der Waals surface area contributed by atoms with E-state index in [1.807, 2.05) is 62.4 Å². The monoisotopic (exact) mass is 377 g/mol. The minimum Gasteiger partial charge on any atom is -0.497 e. The summed E-state index contributed by atoms with van der Waals surface area (Å²) in [5.74, 6) is 1.15. The molecule has 0 fully saturated rings. The summed E-state index contributed by atoms with van der Waals surface area (Å²) < 4.78 is 10.9. The van der Waals surface area contributed by atoms with Crippen LogP contribution in [0.15, 0.2) is 67.0 Å². The molecule has 3 aromatic rings. The fourth-order valence-electron chi connectivity index (χ4n) is 2.59. The van der Waals surface area contributed by atoms with Gasteiger partial charge in [-0.05, 0) is 56.3 Å². The molecular formula is C22H23N3O3. The van der Waals surface area contributed by atoms with Crippen molar-refractivity contribution in [3.05, 3.63) is 72.6 Å². The van der Waals surface area contributed by atoms with E-state index in [0.29, 0.717) is 22.7 Å². The van der Waals surface area contributed by atoms with Gasteiger partial charge in [0.15, 0.2) is 0 Å². The Labute approximate surface area is 164 Å². The lowest BCUT2D eigenvalue weighted by Crippen LogP contribution is -2.15. The Bertz CT molecular complexity index is 940. The van der Waals surface area contributed by atoms with Crippen LogP contribution in [0.4, 0.5) is 17.1 Å². The summed E-state index contributed by atoms with van der Waals surface area (Å²) in [4.78, 5) is 16.9. The Morgan fingerprint density at radius 3 is 2.46 bits per heavy atom. The van der Waals surface area contributed by atoms with Crippen molar-refractivity contribution in [2.24, 2.45) is 0 Å². The van der Waals surface area contributed by atoms with Gasteiger partial charge in [0.1, 0.15) is 11.5 Å². The molecule has 2 N–H and O–H groups in total. The standard InChI is InChI=1S/C22H23N3O3/c1-15(2)28-21-7-5-4-6-20(21)25-22(26)16-12-18(14-23-13-16)24-17-8-10-19(27-3)11-9-17/h4-15,24H,1-3H3,(H,25,26). The molecule has 0 aliphatic heterocycles. The first kappa shape index (κ1) is 19.2. The number of pyridine rings is 1. The van der Waals surface area contributed by atoms with Crippen LogP contribution in [0.3, 0.4) is 0 Å². The van der Waals surface area contributed by atoms with Crippen LogP contribution in [0.1, 0.15) is 24.2 Å². The second kappa shape index (κ2) is 8.90. The summed E-state index contributed by atoms with van der Waals surface area (Å²) in [5.41, 5.74) is 2.65. The number of para-hydroxylation sites is 2. The number of anilines is 3. The van der Waals surface area contributed by atoms with Gasteiger partial charge in [-0.2, -0.15) is 0 Å². The minimum absolute atomic E-state index is 0.0109. The normalized spacial score (nSPS) is 10.4. The molecule has 28 heavy (non-hydrogen) atoms. The zero-order chi connectivity index (χ0) is 19.9. The summed E-state index contributed by atoms with van der Waals surface area (Å²) in [6, 6.07) is 16.6. The molecule has 6 heteroatoms. The Morgan fingerprint density at radius 1 is 1.00 bits per heavy atom. The molecule has 1 aromatic heterocycles.